The molecule has 1 saturated heterocycles. The summed E-state index contributed by atoms with van der Waals surface area (Å²) in [6, 6.07) is -1.38. The van der Waals surface area contributed by atoms with Crippen LogP contribution >= 0.6 is 69.6 Å². The summed E-state index contributed by atoms with van der Waals surface area (Å²) < 4.78 is -3.02. The average molecular weight is 461 g/mol. The summed E-state index contributed by atoms with van der Waals surface area (Å²) in [6.45, 7) is 3.44. The summed E-state index contributed by atoms with van der Waals surface area (Å²) in [5, 5.41) is 0. The second-order valence-corrected chi connectivity index (χ2v) is 11.0. The Hall–Kier alpha value is 0.680. The van der Waals surface area contributed by atoms with E-state index in [0.29, 0.717) is 0 Å². The van der Waals surface area contributed by atoms with Gasteiger partial charge in [0.1, 0.15) is 12.1 Å². The van der Waals surface area contributed by atoms with Crippen LogP contribution in [0.3, 0.4) is 0 Å². The quantitative estimate of drug-likeness (QED) is 0.581. The Morgan fingerprint density at radius 2 is 1.04 bits per heavy atom. The molecule has 24 heavy (non-hydrogen) atoms. The molecule has 0 N–H and O–H groups in total. The number of likely N-dealkylation sites (N-methyl/N-ethyl adjacent to an activating group) is 2. The zero-order valence-electron chi connectivity index (χ0n) is 13.7. The van der Waals surface area contributed by atoms with Crippen molar-refractivity contribution in [2.75, 3.05) is 14.1 Å². The highest BCUT2D eigenvalue weighted by Gasteiger charge is 2.46. The van der Waals surface area contributed by atoms with E-state index in [1.807, 2.05) is 0 Å². The van der Waals surface area contributed by atoms with Crippen molar-refractivity contribution in [1.29, 1.82) is 0 Å². The van der Waals surface area contributed by atoms with E-state index in [-0.39, 0.29) is 24.7 Å². The summed E-state index contributed by atoms with van der Waals surface area (Å²) in [5.74, 6) is -1.26. The number of carbonyl (C=O) groups is 2. The zero-order valence-corrected chi connectivity index (χ0v) is 18.2. The van der Waals surface area contributed by atoms with E-state index in [1.165, 1.54) is 9.80 Å². The number of amides is 2. The molecule has 1 aliphatic heterocycles. The first-order chi connectivity index (χ1) is 10.7. The van der Waals surface area contributed by atoms with Gasteiger partial charge >= 0.3 is 0 Å². The number of rotatable bonds is 4. The summed E-state index contributed by atoms with van der Waals surface area (Å²) in [6.07, 6.45) is 0.489. The molecule has 0 saturated carbocycles. The van der Waals surface area contributed by atoms with Crippen molar-refractivity contribution in [3.8, 4) is 0 Å². The second-order valence-electron chi connectivity index (χ2n) is 6.29. The largest absolute Gasteiger partial charge is 0.332 e. The Kier molecular flexibility index (Phi) is 7.71. The maximum atomic E-state index is 12.7. The Bertz CT molecular complexity index is 447. The number of carbonyl (C=O) groups excluding carboxylic acids is 2. The highest BCUT2D eigenvalue weighted by Crippen LogP contribution is 2.40. The fraction of sp³-hybridized carbons (Fsp3) is 0.857. The van der Waals surface area contributed by atoms with Gasteiger partial charge in [-0.15, -0.1) is 0 Å². The molecule has 10 heteroatoms. The first-order valence-corrected chi connectivity index (χ1v) is 9.61. The fourth-order valence-electron chi connectivity index (χ4n) is 2.56. The lowest BCUT2D eigenvalue weighted by Crippen LogP contribution is -2.63. The van der Waals surface area contributed by atoms with Crippen LogP contribution in [0.25, 0.3) is 0 Å². The predicted molar refractivity (Wildman–Crippen MR) is 101 cm³/mol. The van der Waals surface area contributed by atoms with E-state index >= 15 is 0 Å². The van der Waals surface area contributed by atoms with Crippen LogP contribution in [0.2, 0.25) is 0 Å². The SMILES string of the molecule is C[C@@H](C[C@H]1C(=O)N(C)[C@@H](C[C@H](C)C(Cl)(Cl)Cl)C(=O)N1C)C(Cl)(Cl)Cl. The van der Waals surface area contributed by atoms with Crippen LogP contribution in [0.5, 0.6) is 0 Å². The Morgan fingerprint density at radius 3 is 1.25 bits per heavy atom. The summed E-state index contributed by atoms with van der Waals surface area (Å²) in [4.78, 5) is 28.2. The van der Waals surface area contributed by atoms with Gasteiger partial charge in [-0.1, -0.05) is 83.5 Å². The highest BCUT2D eigenvalue weighted by molar-refractivity contribution is 6.68. The number of hydrogen-bond donors (Lipinski definition) is 0. The molecule has 4 nitrogen and oxygen atoms in total. The molecule has 1 aliphatic rings. The fourth-order valence-corrected chi connectivity index (χ4v) is 3.10. The van der Waals surface area contributed by atoms with E-state index in [0.717, 1.165) is 0 Å². The smallest absolute Gasteiger partial charge is 0.245 e. The number of halogens is 6. The van der Waals surface area contributed by atoms with E-state index < -0.39 is 31.5 Å². The Morgan fingerprint density at radius 1 is 0.792 bits per heavy atom. The molecule has 1 heterocycles. The van der Waals surface area contributed by atoms with E-state index in [4.69, 9.17) is 69.6 Å². The predicted octanol–water partition coefficient (Wildman–Crippen LogP) is 4.45. The van der Waals surface area contributed by atoms with Crippen molar-refractivity contribution in [3.63, 3.8) is 0 Å². The molecule has 0 radical (unpaired) electrons. The Balaban J connectivity index is 2.94. The van der Waals surface area contributed by atoms with Gasteiger partial charge in [-0.2, -0.15) is 0 Å². The molecule has 0 spiro atoms. The summed E-state index contributed by atoms with van der Waals surface area (Å²) in [7, 11) is 3.13. The summed E-state index contributed by atoms with van der Waals surface area (Å²) in [5.41, 5.74) is 0. The molecular weight excluding hydrogens is 441 g/mol. The van der Waals surface area contributed by atoms with Crippen molar-refractivity contribution in [1.82, 2.24) is 9.80 Å². The number of hydrogen-bond acceptors (Lipinski definition) is 2. The van der Waals surface area contributed by atoms with Crippen LogP contribution in [0.1, 0.15) is 26.7 Å². The van der Waals surface area contributed by atoms with Gasteiger partial charge in [0.2, 0.25) is 11.8 Å². The van der Waals surface area contributed by atoms with Crippen molar-refractivity contribution in [3.05, 3.63) is 0 Å². The number of piperazine rings is 1. The third-order valence-corrected chi connectivity index (χ3v) is 6.71. The monoisotopic (exact) mass is 458 g/mol. The zero-order chi connectivity index (χ0) is 19.0. The molecular formula is C14H20Cl6N2O2. The van der Waals surface area contributed by atoms with Crippen molar-refractivity contribution < 1.29 is 9.59 Å². The lowest BCUT2D eigenvalue weighted by Gasteiger charge is -2.44. The molecule has 0 aromatic rings. The van der Waals surface area contributed by atoms with E-state index in [9.17, 15) is 9.59 Å². The van der Waals surface area contributed by atoms with E-state index in [2.05, 4.69) is 0 Å². The maximum Gasteiger partial charge on any atom is 0.245 e. The van der Waals surface area contributed by atoms with Crippen molar-refractivity contribution in [2.24, 2.45) is 11.8 Å². The molecule has 0 unspecified atom stereocenters. The normalized spacial score (nSPS) is 25.9. The van der Waals surface area contributed by atoms with Crippen LogP contribution in [0.15, 0.2) is 0 Å². The average Bonchev–Trinajstić information content (AvgIpc) is 2.43. The molecule has 2 amide bonds. The summed E-state index contributed by atoms with van der Waals surface area (Å²) >= 11 is 35.3. The molecule has 0 aromatic heterocycles. The molecule has 1 rings (SSSR count). The van der Waals surface area contributed by atoms with Gasteiger partial charge in [0.25, 0.3) is 0 Å². The second kappa shape index (κ2) is 8.14. The van der Waals surface area contributed by atoms with Gasteiger partial charge in [0.05, 0.1) is 0 Å². The molecule has 1 fully saturated rings. The highest BCUT2D eigenvalue weighted by atomic mass is 35.6. The lowest BCUT2D eigenvalue weighted by atomic mass is 9.93. The van der Waals surface area contributed by atoms with Crippen LogP contribution < -0.4 is 0 Å². The minimum atomic E-state index is -1.51. The van der Waals surface area contributed by atoms with Gasteiger partial charge in [-0.25, -0.2) is 0 Å². The van der Waals surface area contributed by atoms with Crippen LogP contribution in [0, 0.1) is 11.8 Å². The number of alkyl halides is 6. The van der Waals surface area contributed by atoms with Crippen LogP contribution in [0.4, 0.5) is 0 Å². The third-order valence-electron chi connectivity index (χ3n) is 4.47. The Labute approximate surface area is 172 Å². The topological polar surface area (TPSA) is 40.6 Å². The van der Waals surface area contributed by atoms with Gasteiger partial charge in [0.15, 0.2) is 7.59 Å². The van der Waals surface area contributed by atoms with Gasteiger partial charge in [-0.05, 0) is 12.8 Å². The van der Waals surface area contributed by atoms with Gasteiger partial charge < -0.3 is 9.80 Å². The van der Waals surface area contributed by atoms with Crippen molar-refractivity contribution >= 4 is 81.4 Å². The molecule has 4 atom stereocenters. The van der Waals surface area contributed by atoms with Gasteiger partial charge in [-0.3, -0.25) is 9.59 Å². The lowest BCUT2D eigenvalue weighted by molar-refractivity contribution is -0.159. The molecule has 0 aliphatic carbocycles. The molecule has 0 bridgehead atoms. The van der Waals surface area contributed by atoms with Crippen LogP contribution in [-0.4, -0.2) is 55.4 Å². The van der Waals surface area contributed by atoms with Crippen LogP contribution in [-0.2, 0) is 9.59 Å². The molecule has 140 valence electrons. The van der Waals surface area contributed by atoms with Crippen molar-refractivity contribution in [2.45, 2.75) is 46.4 Å². The number of nitrogens with zero attached hydrogens (tertiary/aromatic N) is 2. The first-order valence-electron chi connectivity index (χ1n) is 7.34. The maximum absolute atomic E-state index is 12.7. The van der Waals surface area contributed by atoms with Gasteiger partial charge in [0, 0.05) is 25.9 Å². The third kappa shape index (κ3) is 5.34. The minimum Gasteiger partial charge on any atom is -0.332 e. The molecule has 0 aromatic carbocycles. The minimum absolute atomic E-state index is 0.222. The standard InChI is InChI=1S/C14H20Cl6N2O2/c1-7(13(15,16)17)5-9-11(23)22(4)10(12(24)21(9)3)6-8(2)14(18,19)20/h7-10H,5-6H2,1-4H3/t7-,8-,9-,10-/m0/s1. The van der Waals surface area contributed by atoms with E-state index in [1.54, 1.807) is 27.9 Å². The first kappa shape index (κ1) is 22.7.